The summed E-state index contributed by atoms with van der Waals surface area (Å²) in [4.78, 5) is 0. The van der Waals surface area contributed by atoms with E-state index < -0.39 is 112 Å². The van der Waals surface area contributed by atoms with Crippen molar-refractivity contribution >= 4 is 0 Å². The summed E-state index contributed by atoms with van der Waals surface area (Å²) in [5.41, 5.74) is 0. The first-order chi connectivity index (χ1) is 16.0. The van der Waals surface area contributed by atoms with Crippen LogP contribution in [-0.4, -0.2) is 174 Å². The average molecular weight is 522 g/mol. The van der Waals surface area contributed by atoms with E-state index in [0.29, 0.717) is 0 Å². The van der Waals surface area contributed by atoms with Crippen molar-refractivity contribution in [2.24, 2.45) is 0 Å². The molecular formula is C18H34O17. The monoisotopic (exact) mass is 522 g/mol. The molecule has 0 aromatic carbocycles. The van der Waals surface area contributed by atoms with E-state index in [-0.39, 0.29) is 5.48 Å². The van der Waals surface area contributed by atoms with E-state index in [2.05, 4.69) is 0 Å². The lowest BCUT2D eigenvalue weighted by Crippen LogP contribution is -2.64. The van der Waals surface area contributed by atoms with Gasteiger partial charge in [-0.2, -0.15) is 0 Å². The van der Waals surface area contributed by atoms with Gasteiger partial charge in [0.15, 0.2) is 12.6 Å². The molecule has 3 heterocycles. The number of ether oxygens (including phenoxy) is 5. The third kappa shape index (κ3) is 5.61. The fraction of sp³-hybridized carbons (Fsp3) is 1.00. The molecule has 3 saturated heterocycles. The van der Waals surface area contributed by atoms with E-state index in [9.17, 15) is 56.2 Å². The van der Waals surface area contributed by atoms with Crippen molar-refractivity contribution in [1.82, 2.24) is 0 Å². The van der Waals surface area contributed by atoms with Crippen LogP contribution in [0.3, 0.4) is 0 Å². The van der Waals surface area contributed by atoms with Crippen molar-refractivity contribution < 1.29 is 85.3 Å². The molecule has 3 aliphatic rings. The zero-order valence-electron chi connectivity index (χ0n) is 18.3. The average Bonchev–Trinajstić information content (AvgIpc) is 3.10. The Labute approximate surface area is 198 Å². The summed E-state index contributed by atoms with van der Waals surface area (Å²) in [7, 11) is 0. The molecule has 13 N–H and O–H groups in total. The van der Waals surface area contributed by atoms with Crippen molar-refractivity contribution in [3.05, 3.63) is 0 Å². The Hall–Kier alpha value is -0.680. The van der Waals surface area contributed by atoms with Gasteiger partial charge in [0, 0.05) is 0 Å². The van der Waals surface area contributed by atoms with Gasteiger partial charge in [-0.3, -0.25) is 0 Å². The highest BCUT2D eigenvalue weighted by Crippen LogP contribution is 2.39. The van der Waals surface area contributed by atoms with Crippen molar-refractivity contribution in [3.63, 3.8) is 0 Å². The van der Waals surface area contributed by atoms with Gasteiger partial charge >= 0.3 is 0 Å². The Bertz CT molecular complexity index is 653. The SMILES string of the molecule is O.OCC1OC(OC2C(O)C(CO)OC2(CO)OC2OC(CO)C(O)C(O)C2O)C(O)C(O)C1O. The first-order valence-corrected chi connectivity index (χ1v) is 10.6. The quantitative estimate of drug-likeness (QED) is 0.141. The highest BCUT2D eigenvalue weighted by atomic mass is 16.8. The standard InChI is InChI=1S/C18H32O16.H2O/c19-1-5-8(23)11(26)13(28)16(30-5)32-15-10(25)7(3-21)33-18(15,4-22)34-17-14(29)12(27)9(24)6(2-20)31-17;/h5-17,19-29H,1-4H2;1H2. The lowest BCUT2D eigenvalue weighted by atomic mass is 9.98. The molecule has 0 aromatic rings. The van der Waals surface area contributed by atoms with Crippen LogP contribution in [0.5, 0.6) is 0 Å². The molecule has 3 aliphatic heterocycles. The predicted octanol–water partition coefficient (Wildman–Crippen LogP) is -8.40. The maximum absolute atomic E-state index is 10.6. The summed E-state index contributed by atoms with van der Waals surface area (Å²) in [6.45, 7) is -3.49. The molecule has 3 fully saturated rings. The molecule has 0 aliphatic carbocycles. The lowest BCUT2D eigenvalue weighted by Gasteiger charge is -2.45. The number of hydrogen-bond acceptors (Lipinski definition) is 16. The maximum atomic E-state index is 10.6. The van der Waals surface area contributed by atoms with Crippen LogP contribution in [0, 0.1) is 0 Å². The molecule has 208 valence electrons. The molecule has 0 aromatic heterocycles. The molecule has 0 spiro atoms. The third-order valence-electron chi connectivity index (χ3n) is 6.17. The highest BCUT2D eigenvalue weighted by molar-refractivity contribution is 5.01. The zero-order valence-corrected chi connectivity index (χ0v) is 18.3. The molecule has 3 rings (SSSR count). The van der Waals surface area contributed by atoms with Gasteiger partial charge in [0.05, 0.1) is 19.8 Å². The first-order valence-electron chi connectivity index (χ1n) is 10.6. The van der Waals surface area contributed by atoms with E-state index >= 15 is 0 Å². The summed E-state index contributed by atoms with van der Waals surface area (Å²) in [6.07, 6.45) is -22.3. The summed E-state index contributed by atoms with van der Waals surface area (Å²) in [5, 5.41) is 109. The van der Waals surface area contributed by atoms with E-state index in [1.165, 1.54) is 0 Å². The minimum atomic E-state index is -2.43. The second kappa shape index (κ2) is 12.2. The second-order valence-electron chi connectivity index (χ2n) is 8.37. The first kappa shape index (κ1) is 30.5. The zero-order chi connectivity index (χ0) is 25.4. The van der Waals surface area contributed by atoms with E-state index in [0.717, 1.165) is 0 Å². The van der Waals surface area contributed by atoms with Gasteiger partial charge in [-0.05, 0) is 0 Å². The number of hydrogen-bond donors (Lipinski definition) is 11. The van der Waals surface area contributed by atoms with Crippen LogP contribution >= 0.6 is 0 Å². The van der Waals surface area contributed by atoms with E-state index in [1.807, 2.05) is 0 Å². The van der Waals surface area contributed by atoms with Crippen molar-refractivity contribution in [1.29, 1.82) is 0 Å². The predicted molar refractivity (Wildman–Crippen MR) is 105 cm³/mol. The van der Waals surface area contributed by atoms with Crippen LogP contribution < -0.4 is 0 Å². The normalized spacial score (nSPS) is 50.7. The van der Waals surface area contributed by atoms with Crippen LogP contribution in [0.25, 0.3) is 0 Å². The fourth-order valence-corrected chi connectivity index (χ4v) is 4.12. The van der Waals surface area contributed by atoms with Gasteiger partial charge in [-0.1, -0.05) is 0 Å². The topological polar surface area (TPSA) is 300 Å². The Kier molecular flexibility index (Phi) is 10.7. The van der Waals surface area contributed by atoms with E-state index in [1.54, 1.807) is 0 Å². The number of aliphatic hydroxyl groups excluding tert-OH is 11. The van der Waals surface area contributed by atoms with Gasteiger partial charge in [0.1, 0.15) is 73.8 Å². The van der Waals surface area contributed by atoms with Gasteiger partial charge in [0.2, 0.25) is 5.79 Å². The van der Waals surface area contributed by atoms with Crippen LogP contribution in [-0.2, 0) is 23.7 Å². The van der Waals surface area contributed by atoms with Crippen molar-refractivity contribution in [3.8, 4) is 0 Å². The molecule has 0 saturated carbocycles. The van der Waals surface area contributed by atoms with Crippen molar-refractivity contribution in [2.75, 3.05) is 26.4 Å². The molecule has 14 atom stereocenters. The number of aliphatic hydroxyl groups is 11. The van der Waals surface area contributed by atoms with Gasteiger partial charge in [-0.15, -0.1) is 0 Å². The minimum Gasteiger partial charge on any atom is -0.412 e. The highest BCUT2D eigenvalue weighted by Gasteiger charge is 2.61. The molecule has 17 nitrogen and oxygen atoms in total. The second-order valence-corrected chi connectivity index (χ2v) is 8.37. The van der Waals surface area contributed by atoms with Gasteiger partial charge in [0.25, 0.3) is 0 Å². The summed E-state index contributed by atoms with van der Waals surface area (Å²) in [5.74, 6) is -2.43. The molecule has 35 heavy (non-hydrogen) atoms. The molecule has 17 heteroatoms. The van der Waals surface area contributed by atoms with Crippen LogP contribution in [0.1, 0.15) is 0 Å². The fourth-order valence-electron chi connectivity index (χ4n) is 4.12. The Morgan fingerprint density at radius 3 is 1.49 bits per heavy atom. The molecule has 0 amide bonds. The molecule has 0 bridgehead atoms. The van der Waals surface area contributed by atoms with E-state index in [4.69, 9.17) is 23.7 Å². The third-order valence-corrected chi connectivity index (χ3v) is 6.17. The lowest BCUT2D eigenvalue weighted by molar-refractivity contribution is -0.400. The maximum Gasteiger partial charge on any atom is 0.224 e. The van der Waals surface area contributed by atoms with Crippen LogP contribution in [0.2, 0.25) is 0 Å². The summed E-state index contributed by atoms with van der Waals surface area (Å²) < 4.78 is 27.0. The molecule has 0 radical (unpaired) electrons. The van der Waals surface area contributed by atoms with Crippen LogP contribution in [0.4, 0.5) is 0 Å². The Balaban J connectivity index is 0.00000432. The van der Waals surface area contributed by atoms with Crippen LogP contribution in [0.15, 0.2) is 0 Å². The minimum absolute atomic E-state index is 0. The molecular weight excluding hydrogens is 488 g/mol. The Morgan fingerprint density at radius 1 is 0.571 bits per heavy atom. The van der Waals surface area contributed by atoms with Crippen molar-refractivity contribution in [2.45, 2.75) is 85.5 Å². The summed E-state index contributed by atoms with van der Waals surface area (Å²) >= 11 is 0. The Morgan fingerprint density at radius 2 is 1.03 bits per heavy atom. The largest absolute Gasteiger partial charge is 0.412 e. The van der Waals surface area contributed by atoms with Gasteiger partial charge in [-0.25, -0.2) is 0 Å². The summed E-state index contributed by atoms with van der Waals surface area (Å²) in [6, 6.07) is 0. The smallest absolute Gasteiger partial charge is 0.224 e. The number of rotatable bonds is 8. The molecule has 14 unspecified atom stereocenters. The van der Waals surface area contributed by atoms with Gasteiger partial charge < -0.3 is 85.3 Å².